The first-order chi connectivity index (χ1) is 16.1. The number of piperazine rings is 1. The molecule has 33 heavy (non-hydrogen) atoms. The van der Waals surface area contributed by atoms with Gasteiger partial charge in [-0.05, 0) is 55.8 Å². The smallest absolute Gasteiger partial charge is 0.258 e. The minimum Gasteiger partial charge on any atom is -0.355 e. The van der Waals surface area contributed by atoms with Crippen molar-refractivity contribution in [1.29, 1.82) is 0 Å². The van der Waals surface area contributed by atoms with Gasteiger partial charge in [0.2, 0.25) is 5.91 Å². The molecule has 0 bridgehead atoms. The van der Waals surface area contributed by atoms with E-state index < -0.39 is 0 Å². The highest BCUT2D eigenvalue weighted by molar-refractivity contribution is 6.00. The van der Waals surface area contributed by atoms with Crippen LogP contribution in [0.4, 0.5) is 11.6 Å². The van der Waals surface area contributed by atoms with E-state index in [1.165, 1.54) is 6.42 Å². The standard InChI is InChI=1S/C26H31N5O2/c1-29-11-12-31(22(16-29)17-5-3-2-4-6-17)26(33)21-9-10-23(28-25(32)18-7-8-18)27-24(21)30-14-19-13-20(19)15-30/h2-6,9-10,18-20,22H,7-8,11-16H2,1H3,(H,27,28,32). The molecule has 3 unspecified atom stereocenters. The quantitative estimate of drug-likeness (QED) is 0.766. The van der Waals surface area contributed by atoms with E-state index in [0.717, 1.165) is 62.2 Å². The second kappa shape index (κ2) is 8.13. The van der Waals surface area contributed by atoms with Gasteiger partial charge in [0, 0.05) is 38.6 Å². The maximum absolute atomic E-state index is 14.0. The van der Waals surface area contributed by atoms with Crippen molar-refractivity contribution in [3.63, 3.8) is 0 Å². The number of pyridine rings is 1. The highest BCUT2D eigenvalue weighted by Gasteiger charge is 2.46. The molecule has 4 fully saturated rings. The molecule has 172 valence electrons. The number of carbonyl (C=O) groups excluding carboxylic acids is 2. The molecule has 2 saturated carbocycles. The van der Waals surface area contributed by atoms with Gasteiger partial charge in [-0.25, -0.2) is 4.98 Å². The molecule has 0 radical (unpaired) electrons. The van der Waals surface area contributed by atoms with Crippen LogP contribution in [0, 0.1) is 17.8 Å². The third-order valence-electron chi connectivity index (χ3n) is 7.61. The van der Waals surface area contributed by atoms with Gasteiger partial charge in [0.1, 0.15) is 11.6 Å². The zero-order valence-electron chi connectivity index (χ0n) is 19.1. The van der Waals surface area contributed by atoms with Crippen molar-refractivity contribution in [3.05, 3.63) is 53.6 Å². The van der Waals surface area contributed by atoms with Crippen LogP contribution in [0.25, 0.3) is 0 Å². The molecule has 7 heteroatoms. The fraction of sp³-hybridized carbons (Fsp3) is 0.500. The molecule has 1 N–H and O–H groups in total. The van der Waals surface area contributed by atoms with Crippen molar-refractivity contribution in [2.24, 2.45) is 17.8 Å². The van der Waals surface area contributed by atoms with Gasteiger partial charge in [-0.1, -0.05) is 30.3 Å². The summed E-state index contributed by atoms with van der Waals surface area (Å²) < 4.78 is 0. The summed E-state index contributed by atoms with van der Waals surface area (Å²) in [5.74, 6) is 2.91. The average Bonchev–Trinajstić information content (AvgIpc) is 3.77. The lowest BCUT2D eigenvalue weighted by Crippen LogP contribution is -2.49. The third-order valence-corrected chi connectivity index (χ3v) is 7.61. The molecule has 2 aromatic rings. The summed E-state index contributed by atoms with van der Waals surface area (Å²) in [5, 5.41) is 2.97. The number of anilines is 2. The van der Waals surface area contributed by atoms with Gasteiger partial charge in [0.15, 0.2) is 0 Å². The van der Waals surface area contributed by atoms with Crippen LogP contribution >= 0.6 is 0 Å². The molecular weight excluding hydrogens is 414 g/mol. The minimum atomic E-state index is 0.00604. The molecule has 1 aromatic carbocycles. The third kappa shape index (κ3) is 4.10. The molecule has 3 atom stereocenters. The van der Waals surface area contributed by atoms with Crippen LogP contribution in [-0.4, -0.2) is 66.4 Å². The zero-order chi connectivity index (χ0) is 22.5. The van der Waals surface area contributed by atoms with Gasteiger partial charge in [0.05, 0.1) is 11.6 Å². The Hall–Kier alpha value is -2.93. The number of nitrogens with one attached hydrogen (secondary N) is 1. The number of hydrogen-bond acceptors (Lipinski definition) is 5. The summed E-state index contributed by atoms with van der Waals surface area (Å²) in [5.41, 5.74) is 1.80. The molecule has 2 amide bonds. The largest absolute Gasteiger partial charge is 0.355 e. The molecule has 2 saturated heterocycles. The Morgan fingerprint density at radius 3 is 2.45 bits per heavy atom. The Morgan fingerprint density at radius 1 is 0.970 bits per heavy atom. The van der Waals surface area contributed by atoms with Crippen LogP contribution in [0.15, 0.2) is 42.5 Å². The lowest BCUT2D eigenvalue weighted by molar-refractivity contribution is -0.117. The Bertz CT molecular complexity index is 1060. The molecule has 7 nitrogen and oxygen atoms in total. The van der Waals surface area contributed by atoms with Crippen molar-refractivity contribution in [2.75, 3.05) is 50.0 Å². The van der Waals surface area contributed by atoms with E-state index in [2.05, 4.69) is 34.3 Å². The summed E-state index contributed by atoms with van der Waals surface area (Å²) in [7, 11) is 2.11. The summed E-state index contributed by atoms with van der Waals surface area (Å²) in [4.78, 5) is 37.7. The normalized spacial score (nSPS) is 26.8. The summed E-state index contributed by atoms with van der Waals surface area (Å²) in [6.07, 6.45) is 3.19. The first-order valence-electron chi connectivity index (χ1n) is 12.2. The molecule has 3 heterocycles. The molecule has 1 aromatic heterocycles. The number of aromatic nitrogens is 1. The van der Waals surface area contributed by atoms with Crippen molar-refractivity contribution < 1.29 is 9.59 Å². The van der Waals surface area contributed by atoms with E-state index in [1.807, 2.05) is 29.2 Å². The molecule has 2 aliphatic heterocycles. The maximum Gasteiger partial charge on any atom is 0.258 e. The highest BCUT2D eigenvalue weighted by Crippen LogP contribution is 2.46. The molecular formula is C26H31N5O2. The first-order valence-corrected chi connectivity index (χ1v) is 12.2. The lowest BCUT2D eigenvalue weighted by Gasteiger charge is -2.40. The number of rotatable bonds is 5. The molecule has 6 rings (SSSR count). The van der Waals surface area contributed by atoms with Gasteiger partial charge in [-0.2, -0.15) is 0 Å². The van der Waals surface area contributed by atoms with Crippen molar-refractivity contribution in [2.45, 2.75) is 25.3 Å². The van der Waals surface area contributed by atoms with Crippen LogP contribution in [0.2, 0.25) is 0 Å². The van der Waals surface area contributed by atoms with E-state index >= 15 is 0 Å². The number of piperidine rings is 1. The van der Waals surface area contributed by atoms with E-state index in [4.69, 9.17) is 4.98 Å². The molecule has 2 aliphatic carbocycles. The van der Waals surface area contributed by atoms with E-state index in [9.17, 15) is 9.59 Å². The summed E-state index contributed by atoms with van der Waals surface area (Å²) >= 11 is 0. The number of hydrogen-bond donors (Lipinski definition) is 1. The fourth-order valence-corrected chi connectivity index (χ4v) is 5.35. The Kier molecular flexibility index (Phi) is 5.09. The van der Waals surface area contributed by atoms with Crippen LogP contribution in [0.1, 0.15) is 41.2 Å². The molecule has 4 aliphatic rings. The van der Waals surface area contributed by atoms with E-state index in [0.29, 0.717) is 17.9 Å². The number of amides is 2. The van der Waals surface area contributed by atoms with Crippen LogP contribution in [0.3, 0.4) is 0 Å². The van der Waals surface area contributed by atoms with Crippen LogP contribution in [-0.2, 0) is 4.79 Å². The first kappa shape index (κ1) is 20.7. The van der Waals surface area contributed by atoms with Crippen LogP contribution < -0.4 is 10.2 Å². The van der Waals surface area contributed by atoms with Gasteiger partial charge in [-0.15, -0.1) is 0 Å². The topological polar surface area (TPSA) is 68.8 Å². The van der Waals surface area contributed by atoms with Gasteiger partial charge >= 0.3 is 0 Å². The zero-order valence-corrected chi connectivity index (χ0v) is 19.1. The predicted molar refractivity (Wildman–Crippen MR) is 127 cm³/mol. The lowest BCUT2D eigenvalue weighted by atomic mass is 10.0. The summed E-state index contributed by atoms with van der Waals surface area (Å²) in [6, 6.07) is 14.0. The SMILES string of the molecule is CN1CCN(C(=O)c2ccc(NC(=O)C3CC3)nc2N2CC3CC3C2)C(c2ccccc2)C1. The van der Waals surface area contributed by atoms with Crippen molar-refractivity contribution in [1.82, 2.24) is 14.8 Å². The van der Waals surface area contributed by atoms with E-state index in [1.54, 1.807) is 6.07 Å². The second-order valence-electron chi connectivity index (χ2n) is 10.2. The number of fused-ring (bicyclic) bond motifs is 1. The highest BCUT2D eigenvalue weighted by atomic mass is 16.2. The molecule has 0 spiro atoms. The minimum absolute atomic E-state index is 0.00604. The second-order valence-corrected chi connectivity index (χ2v) is 10.2. The average molecular weight is 446 g/mol. The van der Waals surface area contributed by atoms with Crippen LogP contribution in [0.5, 0.6) is 0 Å². The Balaban J connectivity index is 1.32. The fourth-order valence-electron chi connectivity index (χ4n) is 5.35. The number of carbonyl (C=O) groups is 2. The predicted octanol–water partition coefficient (Wildman–Crippen LogP) is 3.02. The number of nitrogens with zero attached hydrogens (tertiary/aromatic N) is 4. The Morgan fingerprint density at radius 2 is 1.73 bits per heavy atom. The van der Waals surface area contributed by atoms with Crippen molar-refractivity contribution >= 4 is 23.5 Å². The monoisotopic (exact) mass is 445 g/mol. The van der Waals surface area contributed by atoms with Gasteiger partial charge in [-0.3, -0.25) is 9.59 Å². The van der Waals surface area contributed by atoms with Crippen molar-refractivity contribution in [3.8, 4) is 0 Å². The van der Waals surface area contributed by atoms with Gasteiger partial charge in [0.25, 0.3) is 5.91 Å². The number of likely N-dealkylation sites (N-methyl/N-ethyl adjacent to an activating group) is 1. The van der Waals surface area contributed by atoms with Gasteiger partial charge < -0.3 is 20.0 Å². The van der Waals surface area contributed by atoms with E-state index in [-0.39, 0.29) is 23.8 Å². The summed E-state index contributed by atoms with van der Waals surface area (Å²) in [6.45, 7) is 4.23. The maximum atomic E-state index is 14.0. The number of benzene rings is 1. The Labute approximate surface area is 194 Å².